The number of methoxy groups -OCH3 is 2. The Bertz CT molecular complexity index is 1460. The first kappa shape index (κ1) is 27.6. The maximum absolute atomic E-state index is 13.5. The van der Waals surface area contributed by atoms with E-state index < -0.39 is 23.7 Å². The summed E-state index contributed by atoms with van der Waals surface area (Å²) in [7, 11) is 2.72. The van der Waals surface area contributed by atoms with E-state index in [4.69, 9.17) is 18.9 Å². The summed E-state index contributed by atoms with van der Waals surface area (Å²) in [6.07, 6.45) is 0. The van der Waals surface area contributed by atoms with Crippen LogP contribution in [0.1, 0.15) is 46.4 Å². The zero-order valence-corrected chi connectivity index (χ0v) is 23.0. The molecule has 3 aromatic rings. The van der Waals surface area contributed by atoms with E-state index in [0.717, 1.165) is 11.3 Å². The number of ether oxygens (including phenoxy) is 4. The number of aliphatic hydroxyl groups excluding tert-OH is 1. The van der Waals surface area contributed by atoms with Crippen LogP contribution in [0, 0.1) is 6.92 Å². The molecule has 2 heterocycles. The number of ketones is 1. The average Bonchev–Trinajstić information content (AvgIpc) is 3.45. The predicted octanol–water partition coefficient (Wildman–Crippen LogP) is 4.67. The average molecular weight is 553 g/mol. The van der Waals surface area contributed by atoms with Crippen molar-refractivity contribution >= 4 is 39.9 Å². The lowest BCUT2D eigenvalue weighted by Crippen LogP contribution is -2.29. The van der Waals surface area contributed by atoms with Gasteiger partial charge in [0.1, 0.15) is 16.4 Å². The summed E-state index contributed by atoms with van der Waals surface area (Å²) in [4.78, 5) is 45.0. The molecular formula is C28H28N2O8S. The second-order valence-corrected chi connectivity index (χ2v) is 9.35. The highest BCUT2D eigenvalue weighted by molar-refractivity contribution is 7.17. The summed E-state index contributed by atoms with van der Waals surface area (Å²) < 4.78 is 21.5. The fourth-order valence-electron chi connectivity index (χ4n) is 4.30. The van der Waals surface area contributed by atoms with Crippen molar-refractivity contribution in [3.63, 3.8) is 0 Å². The number of nitrogens with zero attached hydrogens (tertiary/aromatic N) is 2. The van der Waals surface area contributed by atoms with Crippen molar-refractivity contribution in [3.8, 4) is 17.2 Å². The normalized spacial score (nSPS) is 16.3. The van der Waals surface area contributed by atoms with Gasteiger partial charge in [-0.15, -0.1) is 0 Å². The molecule has 1 fully saturated rings. The summed E-state index contributed by atoms with van der Waals surface area (Å²) in [5, 5.41) is 11.5. The van der Waals surface area contributed by atoms with Crippen molar-refractivity contribution in [3.05, 3.63) is 69.7 Å². The Kier molecular flexibility index (Phi) is 8.20. The quantitative estimate of drug-likeness (QED) is 0.174. The molecule has 0 radical (unpaired) electrons. The van der Waals surface area contributed by atoms with Crippen molar-refractivity contribution < 1.29 is 38.4 Å². The number of aromatic nitrogens is 1. The van der Waals surface area contributed by atoms with E-state index in [-0.39, 0.29) is 21.3 Å². The number of aliphatic hydroxyl groups is 1. The molecule has 2 aromatic carbocycles. The van der Waals surface area contributed by atoms with E-state index in [1.54, 1.807) is 49.4 Å². The van der Waals surface area contributed by atoms with Crippen molar-refractivity contribution in [2.24, 2.45) is 0 Å². The Hall–Kier alpha value is -4.38. The molecule has 11 heteroatoms. The molecule has 204 valence electrons. The molecule has 1 atom stereocenters. The number of hydrogen-bond donors (Lipinski definition) is 1. The van der Waals surface area contributed by atoms with Crippen LogP contribution in [0.3, 0.4) is 0 Å². The number of anilines is 1. The van der Waals surface area contributed by atoms with Crippen LogP contribution in [0.25, 0.3) is 5.76 Å². The van der Waals surface area contributed by atoms with Crippen LogP contribution in [0.2, 0.25) is 0 Å². The third kappa shape index (κ3) is 5.17. The Morgan fingerprint density at radius 2 is 1.79 bits per heavy atom. The first-order chi connectivity index (χ1) is 18.7. The van der Waals surface area contributed by atoms with Gasteiger partial charge >= 0.3 is 11.9 Å². The van der Waals surface area contributed by atoms with Crippen molar-refractivity contribution in [1.29, 1.82) is 0 Å². The zero-order chi connectivity index (χ0) is 28.3. The molecule has 39 heavy (non-hydrogen) atoms. The molecule has 10 nitrogen and oxygen atoms in total. The van der Waals surface area contributed by atoms with Gasteiger partial charge in [-0.3, -0.25) is 14.5 Å². The van der Waals surface area contributed by atoms with Gasteiger partial charge in [-0.2, -0.15) is 0 Å². The smallest absolute Gasteiger partial charge is 0.350 e. The molecule has 1 N–H and O–H groups in total. The van der Waals surface area contributed by atoms with E-state index in [2.05, 4.69) is 4.98 Å². The zero-order valence-electron chi connectivity index (χ0n) is 22.1. The molecule has 1 aromatic heterocycles. The number of carbonyl (C=O) groups excluding carboxylic acids is 3. The lowest BCUT2D eigenvalue weighted by molar-refractivity contribution is -0.132. The van der Waals surface area contributed by atoms with E-state index in [1.165, 1.54) is 19.1 Å². The summed E-state index contributed by atoms with van der Waals surface area (Å²) in [5.41, 5.74) is 0.959. The third-order valence-corrected chi connectivity index (χ3v) is 7.17. The maximum Gasteiger partial charge on any atom is 0.350 e. The van der Waals surface area contributed by atoms with Gasteiger partial charge in [-0.05, 0) is 50.6 Å². The summed E-state index contributed by atoms with van der Waals surface area (Å²) >= 11 is 0.921. The first-order valence-corrected chi connectivity index (χ1v) is 13.0. The highest BCUT2D eigenvalue weighted by Crippen LogP contribution is 2.45. The number of rotatable bonds is 9. The van der Waals surface area contributed by atoms with Gasteiger partial charge < -0.3 is 24.1 Å². The van der Waals surface area contributed by atoms with E-state index in [9.17, 15) is 19.5 Å². The number of esters is 1. The second kappa shape index (κ2) is 11.6. The van der Waals surface area contributed by atoms with Crippen LogP contribution >= 0.6 is 11.3 Å². The molecule has 1 aliphatic rings. The number of aryl methyl sites for hydroxylation is 1. The van der Waals surface area contributed by atoms with Crippen LogP contribution in [-0.4, -0.2) is 55.2 Å². The molecule has 0 aliphatic carbocycles. The maximum atomic E-state index is 13.5. The lowest BCUT2D eigenvalue weighted by atomic mass is 9.95. The van der Waals surface area contributed by atoms with Crippen LogP contribution < -0.4 is 19.1 Å². The molecule has 1 saturated heterocycles. The minimum Gasteiger partial charge on any atom is -0.507 e. The highest BCUT2D eigenvalue weighted by Gasteiger charge is 2.48. The second-order valence-electron chi connectivity index (χ2n) is 8.38. The Balaban J connectivity index is 1.95. The number of Topliss-reactive ketones (excluding diaryl/α,β-unsaturated/α-hetero) is 1. The molecule has 0 saturated carbocycles. The topological polar surface area (TPSA) is 124 Å². The number of hydrogen-bond acceptors (Lipinski definition) is 10. The van der Waals surface area contributed by atoms with Crippen LogP contribution in [-0.2, 0) is 14.3 Å². The number of benzene rings is 2. The first-order valence-electron chi connectivity index (χ1n) is 12.2. The Morgan fingerprint density at radius 3 is 2.46 bits per heavy atom. The summed E-state index contributed by atoms with van der Waals surface area (Å²) in [5.74, 6) is -1.45. The predicted molar refractivity (Wildman–Crippen MR) is 145 cm³/mol. The fourth-order valence-corrected chi connectivity index (χ4v) is 5.31. The van der Waals surface area contributed by atoms with Crippen LogP contribution in [0.5, 0.6) is 17.2 Å². The molecule has 1 unspecified atom stereocenters. The molecule has 1 amide bonds. The van der Waals surface area contributed by atoms with Crippen LogP contribution in [0.4, 0.5) is 5.13 Å². The minimum atomic E-state index is -1.08. The van der Waals surface area contributed by atoms with Gasteiger partial charge in [0.2, 0.25) is 0 Å². The van der Waals surface area contributed by atoms with Gasteiger partial charge in [0.25, 0.3) is 5.78 Å². The summed E-state index contributed by atoms with van der Waals surface area (Å²) in [6, 6.07) is 10.5. The van der Waals surface area contributed by atoms with Crippen molar-refractivity contribution in [2.45, 2.75) is 26.8 Å². The monoisotopic (exact) mass is 552 g/mol. The largest absolute Gasteiger partial charge is 0.507 e. The lowest BCUT2D eigenvalue weighted by Gasteiger charge is -2.24. The van der Waals surface area contributed by atoms with Gasteiger partial charge in [-0.1, -0.05) is 29.5 Å². The minimum absolute atomic E-state index is 0.106. The molecule has 0 bridgehead atoms. The van der Waals surface area contributed by atoms with E-state index in [1.807, 2.05) is 13.8 Å². The Labute approximate surface area is 229 Å². The Morgan fingerprint density at radius 1 is 1.05 bits per heavy atom. The highest BCUT2D eigenvalue weighted by atomic mass is 32.1. The van der Waals surface area contributed by atoms with Gasteiger partial charge in [0.15, 0.2) is 16.6 Å². The number of thiazole rings is 1. The number of amides is 1. The molecular weight excluding hydrogens is 524 g/mol. The fraction of sp³-hybridized carbons (Fsp3) is 0.286. The van der Waals surface area contributed by atoms with Gasteiger partial charge in [-0.25, -0.2) is 9.78 Å². The van der Waals surface area contributed by atoms with Gasteiger partial charge in [0, 0.05) is 5.56 Å². The van der Waals surface area contributed by atoms with E-state index >= 15 is 0 Å². The molecule has 4 rings (SSSR count). The number of carbonyl (C=O) groups is 3. The van der Waals surface area contributed by atoms with E-state index in [0.29, 0.717) is 47.3 Å². The SMILES string of the molecule is CCOc1cccc(/C(O)=C2\C(=O)C(=O)N(c3nc(C)c(C(=O)OC)s3)C2c2ccc(OCC)c(OC)c2)c1. The van der Waals surface area contributed by atoms with Gasteiger partial charge in [0.05, 0.1) is 44.7 Å². The van der Waals surface area contributed by atoms with Crippen molar-refractivity contribution in [2.75, 3.05) is 32.3 Å². The molecule has 0 spiro atoms. The van der Waals surface area contributed by atoms with Crippen LogP contribution in [0.15, 0.2) is 48.0 Å². The molecule has 1 aliphatic heterocycles. The van der Waals surface area contributed by atoms with Crippen molar-refractivity contribution in [1.82, 2.24) is 4.98 Å². The standard InChI is InChI=1S/C28H28N2O8S/c1-6-37-18-10-8-9-17(13-18)23(31)21-22(16-11-12-19(38-7-2)20(14-16)35-4)30(26(33)24(21)32)28-29-15(3)25(39-28)27(34)36-5/h8-14,22,31H,6-7H2,1-5H3/b23-21+. The summed E-state index contributed by atoms with van der Waals surface area (Å²) in [6.45, 7) is 6.08. The third-order valence-electron chi connectivity index (χ3n) is 6.03.